The van der Waals surface area contributed by atoms with Gasteiger partial charge in [-0.3, -0.25) is 4.40 Å². The number of nitrogens with one attached hydrogen (secondary N) is 1. The van der Waals surface area contributed by atoms with Crippen LogP contribution < -0.4 is 9.62 Å². The van der Waals surface area contributed by atoms with Gasteiger partial charge in [-0.25, -0.2) is 32.0 Å². The third kappa shape index (κ3) is 4.72. The summed E-state index contributed by atoms with van der Waals surface area (Å²) in [5.41, 5.74) is 0.00770. The van der Waals surface area contributed by atoms with Gasteiger partial charge in [-0.2, -0.15) is 9.98 Å². The Morgan fingerprint density at radius 2 is 1.92 bits per heavy atom. The number of amides is 2. The van der Waals surface area contributed by atoms with E-state index in [1.54, 1.807) is 25.2 Å². The van der Waals surface area contributed by atoms with E-state index < -0.39 is 22.0 Å². The van der Waals surface area contributed by atoms with Crippen molar-refractivity contribution in [2.24, 2.45) is 0 Å². The Bertz CT molecular complexity index is 1500. The molecule has 2 aliphatic rings. The van der Waals surface area contributed by atoms with Crippen LogP contribution >= 0.6 is 11.3 Å². The SMILES string of the molecule is CN(C)C(=O)N1CCN(c2cc(S(=O)(=O)NC3(C#N)CC3)cn3c(-c4ncc(C(F)F)s4)ncc23)CC1. The predicted octanol–water partition coefficient (Wildman–Crippen LogP) is 2.53. The van der Waals surface area contributed by atoms with E-state index in [4.69, 9.17) is 0 Å². The molecule has 5 rings (SSSR count). The number of rotatable bonds is 6. The highest BCUT2D eigenvalue weighted by molar-refractivity contribution is 7.89. The van der Waals surface area contributed by atoms with Gasteiger partial charge < -0.3 is 14.7 Å². The highest BCUT2D eigenvalue weighted by atomic mass is 32.2. The second kappa shape index (κ2) is 9.19. The normalized spacial score (nSPS) is 17.3. The quantitative estimate of drug-likeness (QED) is 0.500. The van der Waals surface area contributed by atoms with E-state index in [1.165, 1.54) is 21.6 Å². The number of fused-ring (bicyclic) bond motifs is 1. The van der Waals surface area contributed by atoms with E-state index in [-0.39, 0.29) is 26.6 Å². The van der Waals surface area contributed by atoms with Gasteiger partial charge in [0.25, 0.3) is 6.43 Å². The van der Waals surface area contributed by atoms with E-state index in [1.807, 2.05) is 11.0 Å². The summed E-state index contributed by atoms with van der Waals surface area (Å²) >= 11 is 0.783. The molecule has 15 heteroatoms. The largest absolute Gasteiger partial charge is 0.366 e. The molecule has 1 saturated carbocycles. The third-order valence-electron chi connectivity index (χ3n) is 6.40. The second-order valence-corrected chi connectivity index (χ2v) is 12.0. The molecule has 0 bridgehead atoms. The van der Waals surface area contributed by atoms with Crippen LogP contribution in [0.15, 0.2) is 29.6 Å². The van der Waals surface area contributed by atoms with Crippen LogP contribution in [0.5, 0.6) is 0 Å². The van der Waals surface area contributed by atoms with Gasteiger partial charge in [-0.1, -0.05) is 0 Å². The molecule has 1 aliphatic heterocycles. The number of thiazole rings is 1. The van der Waals surface area contributed by atoms with Crippen molar-refractivity contribution in [2.45, 2.75) is 29.7 Å². The number of nitrogens with zero attached hydrogens (tertiary/aromatic N) is 7. The van der Waals surface area contributed by atoms with E-state index in [0.29, 0.717) is 50.2 Å². The van der Waals surface area contributed by atoms with Crippen LogP contribution in [0.25, 0.3) is 16.3 Å². The molecule has 4 heterocycles. The molecule has 0 spiro atoms. The lowest BCUT2D eigenvalue weighted by molar-refractivity contribution is 0.155. The number of pyridine rings is 1. The van der Waals surface area contributed by atoms with Gasteiger partial charge in [-0.05, 0) is 18.9 Å². The van der Waals surface area contributed by atoms with Crippen molar-refractivity contribution in [1.29, 1.82) is 5.26 Å². The van der Waals surface area contributed by atoms with E-state index in [9.17, 15) is 27.3 Å². The molecular formula is C22H24F2N8O3S2. The van der Waals surface area contributed by atoms with Crippen molar-refractivity contribution in [2.75, 3.05) is 45.2 Å². The first-order chi connectivity index (χ1) is 17.5. The molecule has 37 heavy (non-hydrogen) atoms. The zero-order chi connectivity index (χ0) is 26.5. The lowest BCUT2D eigenvalue weighted by Crippen LogP contribution is -2.51. The Morgan fingerprint density at radius 1 is 1.22 bits per heavy atom. The Kier molecular flexibility index (Phi) is 6.29. The summed E-state index contributed by atoms with van der Waals surface area (Å²) in [5.74, 6) is 0.230. The Morgan fingerprint density at radius 3 is 2.49 bits per heavy atom. The van der Waals surface area contributed by atoms with Gasteiger partial charge in [0.2, 0.25) is 10.0 Å². The van der Waals surface area contributed by atoms with Gasteiger partial charge in [0, 0.05) is 52.7 Å². The number of hydrogen-bond acceptors (Lipinski definition) is 8. The van der Waals surface area contributed by atoms with Gasteiger partial charge in [0.15, 0.2) is 10.8 Å². The predicted molar refractivity (Wildman–Crippen MR) is 132 cm³/mol. The fourth-order valence-corrected chi connectivity index (χ4v) is 6.36. The summed E-state index contributed by atoms with van der Waals surface area (Å²) in [4.78, 5) is 25.7. The molecule has 11 nitrogen and oxygen atoms in total. The smallest absolute Gasteiger partial charge is 0.319 e. The molecular weight excluding hydrogens is 526 g/mol. The van der Waals surface area contributed by atoms with Crippen molar-refractivity contribution in [3.05, 3.63) is 29.5 Å². The average molecular weight is 551 g/mol. The number of hydrogen-bond donors (Lipinski definition) is 1. The molecule has 0 radical (unpaired) electrons. The van der Waals surface area contributed by atoms with Crippen LogP contribution in [0.2, 0.25) is 0 Å². The van der Waals surface area contributed by atoms with Crippen LogP contribution in [-0.4, -0.2) is 84.4 Å². The summed E-state index contributed by atoms with van der Waals surface area (Å²) < 4.78 is 57.0. The lowest BCUT2D eigenvalue weighted by atomic mass is 10.2. The fourth-order valence-electron chi connectivity index (χ4n) is 4.20. The minimum atomic E-state index is -4.10. The molecule has 0 aromatic carbocycles. The zero-order valence-electron chi connectivity index (χ0n) is 20.1. The van der Waals surface area contributed by atoms with E-state index in [0.717, 1.165) is 17.5 Å². The number of aromatic nitrogens is 3. The van der Waals surface area contributed by atoms with Crippen molar-refractivity contribution < 1.29 is 22.0 Å². The molecule has 2 amide bonds. The second-order valence-electron chi connectivity index (χ2n) is 9.22. The molecule has 196 valence electrons. The minimum absolute atomic E-state index is 0.0896. The van der Waals surface area contributed by atoms with Crippen LogP contribution in [0.3, 0.4) is 0 Å². The number of carbonyl (C=O) groups excluding carboxylic acids is 1. The summed E-state index contributed by atoms with van der Waals surface area (Å²) in [5, 5.41) is 9.63. The van der Waals surface area contributed by atoms with Crippen LogP contribution in [-0.2, 0) is 10.0 Å². The Labute approximate surface area is 216 Å². The zero-order valence-corrected chi connectivity index (χ0v) is 21.7. The number of anilines is 1. The Hall–Kier alpha value is -3.35. The number of urea groups is 1. The third-order valence-corrected chi connectivity index (χ3v) is 8.91. The number of halogens is 2. The number of alkyl halides is 2. The van der Waals surface area contributed by atoms with Crippen molar-refractivity contribution in [1.82, 2.24) is 28.9 Å². The maximum Gasteiger partial charge on any atom is 0.319 e. The molecule has 0 unspecified atom stereocenters. The van der Waals surface area contributed by atoms with Gasteiger partial charge in [0.1, 0.15) is 10.4 Å². The summed E-state index contributed by atoms with van der Waals surface area (Å²) in [6.45, 7) is 1.76. The number of carbonyl (C=O) groups is 1. The van der Waals surface area contributed by atoms with Gasteiger partial charge in [0.05, 0.1) is 28.3 Å². The van der Waals surface area contributed by atoms with Gasteiger partial charge >= 0.3 is 6.03 Å². The Balaban J connectivity index is 1.57. The highest BCUT2D eigenvalue weighted by Gasteiger charge is 2.47. The molecule has 3 aromatic heterocycles. The number of piperazine rings is 1. The van der Waals surface area contributed by atoms with Crippen molar-refractivity contribution in [3.63, 3.8) is 0 Å². The monoisotopic (exact) mass is 550 g/mol. The molecule has 1 aliphatic carbocycles. The lowest BCUT2D eigenvalue weighted by Gasteiger charge is -2.37. The summed E-state index contributed by atoms with van der Waals surface area (Å²) in [6.07, 6.45) is 2.16. The van der Waals surface area contributed by atoms with E-state index in [2.05, 4.69) is 14.7 Å². The average Bonchev–Trinajstić information content (AvgIpc) is 3.26. The molecule has 0 atom stereocenters. The number of imidazole rings is 1. The number of nitriles is 1. The van der Waals surface area contributed by atoms with Crippen molar-refractivity contribution in [3.8, 4) is 16.9 Å². The molecule has 3 aromatic rings. The minimum Gasteiger partial charge on any atom is -0.366 e. The fraction of sp³-hybridized carbons (Fsp3) is 0.455. The first-order valence-corrected chi connectivity index (χ1v) is 13.8. The van der Waals surface area contributed by atoms with Gasteiger partial charge in [-0.15, -0.1) is 11.3 Å². The maximum absolute atomic E-state index is 13.3. The molecule has 1 N–H and O–H groups in total. The standard InChI is InChI=1S/C22H24F2N8O3S2/c1-29(2)21(33)31-7-5-30(6-8-31)15-9-14(37(34,35)28-22(13-25)3-4-22)12-32-16(15)10-26-19(32)20-27-11-17(36-20)18(23)24/h9-12,18,28H,3-8H2,1-2H3. The van der Waals surface area contributed by atoms with Crippen LogP contribution in [0, 0.1) is 11.3 Å². The van der Waals surface area contributed by atoms with Crippen LogP contribution in [0.4, 0.5) is 19.3 Å². The topological polar surface area (TPSA) is 127 Å². The molecule has 2 fully saturated rings. The highest BCUT2D eigenvalue weighted by Crippen LogP contribution is 2.38. The van der Waals surface area contributed by atoms with Crippen LogP contribution in [0.1, 0.15) is 24.1 Å². The van der Waals surface area contributed by atoms with E-state index >= 15 is 0 Å². The summed E-state index contributed by atoms with van der Waals surface area (Å²) in [7, 11) is -0.737. The van der Waals surface area contributed by atoms with Crippen molar-refractivity contribution >= 4 is 38.6 Å². The first-order valence-electron chi connectivity index (χ1n) is 11.5. The maximum atomic E-state index is 13.3. The summed E-state index contributed by atoms with van der Waals surface area (Å²) in [6, 6.07) is 3.43. The number of sulfonamides is 1. The molecule has 1 saturated heterocycles. The first kappa shape index (κ1) is 25.3.